The van der Waals surface area contributed by atoms with Gasteiger partial charge in [0.15, 0.2) is 5.11 Å². The SMILES string of the molecule is CC(C)CC(=O)NC(=S)Nc1ccccc1C(=O)N1CCOCC1. The third kappa shape index (κ3) is 5.28. The van der Waals surface area contributed by atoms with Gasteiger partial charge in [0.2, 0.25) is 5.91 Å². The summed E-state index contributed by atoms with van der Waals surface area (Å²) in [7, 11) is 0. The summed E-state index contributed by atoms with van der Waals surface area (Å²) in [6.45, 7) is 6.17. The molecule has 0 spiro atoms. The lowest BCUT2D eigenvalue weighted by Gasteiger charge is -2.27. The molecule has 1 aromatic rings. The Bertz CT molecular complexity index is 613. The number of benzene rings is 1. The zero-order valence-electron chi connectivity index (χ0n) is 14.0. The van der Waals surface area contributed by atoms with Gasteiger partial charge in [0.05, 0.1) is 24.5 Å². The highest BCUT2D eigenvalue weighted by Gasteiger charge is 2.21. The van der Waals surface area contributed by atoms with Crippen molar-refractivity contribution in [2.45, 2.75) is 20.3 Å². The van der Waals surface area contributed by atoms with Crippen molar-refractivity contribution in [3.05, 3.63) is 29.8 Å². The lowest BCUT2D eigenvalue weighted by Crippen LogP contribution is -2.41. The minimum atomic E-state index is -0.139. The zero-order valence-corrected chi connectivity index (χ0v) is 14.8. The molecule has 0 bridgehead atoms. The van der Waals surface area contributed by atoms with Crippen LogP contribution in [0.1, 0.15) is 30.6 Å². The van der Waals surface area contributed by atoms with Crippen molar-refractivity contribution in [2.75, 3.05) is 31.6 Å². The number of hydrogen-bond acceptors (Lipinski definition) is 4. The van der Waals surface area contributed by atoms with Gasteiger partial charge < -0.3 is 20.3 Å². The third-order valence-corrected chi connectivity index (χ3v) is 3.75. The summed E-state index contributed by atoms with van der Waals surface area (Å²) >= 11 is 5.18. The number of carbonyl (C=O) groups excluding carboxylic acids is 2. The van der Waals surface area contributed by atoms with Crippen LogP contribution < -0.4 is 10.6 Å². The normalized spacial score (nSPS) is 14.4. The van der Waals surface area contributed by atoms with Crippen LogP contribution in [-0.4, -0.2) is 48.1 Å². The number of amides is 2. The molecule has 2 rings (SSSR count). The number of thiocarbonyl (C=S) groups is 1. The predicted molar refractivity (Wildman–Crippen MR) is 97.0 cm³/mol. The standard InChI is InChI=1S/C17H23N3O3S/c1-12(2)11-15(21)19-17(24)18-14-6-4-3-5-13(14)16(22)20-7-9-23-10-8-20/h3-6,12H,7-11H2,1-2H3,(H2,18,19,21,24). The highest BCUT2D eigenvalue weighted by Crippen LogP contribution is 2.18. The molecular formula is C17H23N3O3S. The first-order chi connectivity index (χ1) is 11.5. The minimum absolute atomic E-state index is 0.0716. The van der Waals surface area contributed by atoms with Crippen LogP contribution in [0.2, 0.25) is 0 Å². The molecule has 1 fully saturated rings. The van der Waals surface area contributed by atoms with E-state index in [0.717, 1.165) is 0 Å². The van der Waals surface area contributed by atoms with Crippen molar-refractivity contribution in [3.63, 3.8) is 0 Å². The summed E-state index contributed by atoms with van der Waals surface area (Å²) in [5.74, 6) is 0.0418. The number of para-hydroxylation sites is 1. The van der Waals surface area contributed by atoms with Gasteiger partial charge in [0.1, 0.15) is 0 Å². The van der Waals surface area contributed by atoms with Crippen LogP contribution in [0.4, 0.5) is 5.69 Å². The fourth-order valence-electron chi connectivity index (χ4n) is 2.42. The number of nitrogens with zero attached hydrogens (tertiary/aromatic N) is 1. The molecule has 1 aliphatic rings. The van der Waals surface area contributed by atoms with Gasteiger partial charge in [0, 0.05) is 19.5 Å². The van der Waals surface area contributed by atoms with Gasteiger partial charge in [-0.1, -0.05) is 26.0 Å². The van der Waals surface area contributed by atoms with Crippen LogP contribution in [-0.2, 0) is 9.53 Å². The maximum Gasteiger partial charge on any atom is 0.256 e. The maximum absolute atomic E-state index is 12.7. The van der Waals surface area contributed by atoms with Gasteiger partial charge in [-0.05, 0) is 30.3 Å². The molecule has 0 aromatic heterocycles. The second-order valence-corrected chi connectivity index (χ2v) is 6.46. The maximum atomic E-state index is 12.7. The Labute approximate surface area is 147 Å². The average Bonchev–Trinajstić information content (AvgIpc) is 2.54. The summed E-state index contributed by atoms with van der Waals surface area (Å²) < 4.78 is 5.28. The van der Waals surface area contributed by atoms with Crippen molar-refractivity contribution in [2.24, 2.45) is 5.92 Å². The molecule has 2 amide bonds. The van der Waals surface area contributed by atoms with Crippen LogP contribution in [0.15, 0.2) is 24.3 Å². The molecule has 0 aliphatic carbocycles. The molecule has 1 saturated heterocycles. The predicted octanol–water partition coefficient (Wildman–Crippen LogP) is 2.02. The molecule has 1 heterocycles. The van der Waals surface area contributed by atoms with Crippen molar-refractivity contribution >= 4 is 34.8 Å². The molecule has 0 saturated carbocycles. The van der Waals surface area contributed by atoms with Crippen LogP contribution in [0.3, 0.4) is 0 Å². The summed E-state index contributed by atoms with van der Waals surface area (Å²) in [6, 6.07) is 7.14. The van der Waals surface area contributed by atoms with Crippen LogP contribution in [0.25, 0.3) is 0 Å². The van der Waals surface area contributed by atoms with E-state index in [2.05, 4.69) is 10.6 Å². The topological polar surface area (TPSA) is 70.7 Å². The number of carbonyl (C=O) groups is 2. The molecule has 1 aliphatic heterocycles. The minimum Gasteiger partial charge on any atom is -0.378 e. The lowest BCUT2D eigenvalue weighted by atomic mass is 10.1. The number of hydrogen-bond donors (Lipinski definition) is 2. The Hall–Kier alpha value is -1.99. The summed E-state index contributed by atoms with van der Waals surface area (Å²) in [5.41, 5.74) is 1.11. The molecule has 2 N–H and O–H groups in total. The van der Waals surface area contributed by atoms with E-state index < -0.39 is 0 Å². The van der Waals surface area contributed by atoms with Gasteiger partial charge in [-0.2, -0.15) is 0 Å². The Morgan fingerprint density at radius 1 is 1.25 bits per heavy atom. The third-order valence-electron chi connectivity index (χ3n) is 3.55. The first-order valence-electron chi connectivity index (χ1n) is 8.04. The van der Waals surface area contributed by atoms with Gasteiger partial charge >= 0.3 is 0 Å². The molecule has 7 heteroatoms. The van der Waals surface area contributed by atoms with E-state index in [1.165, 1.54) is 0 Å². The van der Waals surface area contributed by atoms with E-state index in [1.54, 1.807) is 23.1 Å². The van der Waals surface area contributed by atoms with E-state index in [-0.39, 0.29) is 22.8 Å². The largest absolute Gasteiger partial charge is 0.378 e. The Kier molecular flexibility index (Phi) is 6.69. The molecule has 1 aromatic carbocycles. The van der Waals surface area contributed by atoms with Crippen LogP contribution >= 0.6 is 12.2 Å². The summed E-state index contributed by atoms with van der Waals surface area (Å²) in [6.07, 6.45) is 0.399. The lowest BCUT2D eigenvalue weighted by molar-refractivity contribution is -0.120. The molecule has 130 valence electrons. The van der Waals surface area contributed by atoms with Crippen molar-refractivity contribution in [1.82, 2.24) is 10.2 Å². The number of anilines is 1. The average molecular weight is 349 g/mol. The fourth-order valence-corrected chi connectivity index (χ4v) is 2.64. The summed E-state index contributed by atoms with van der Waals surface area (Å²) in [4.78, 5) is 26.2. The van der Waals surface area contributed by atoms with Gasteiger partial charge in [-0.15, -0.1) is 0 Å². The first-order valence-corrected chi connectivity index (χ1v) is 8.45. The number of morpholine rings is 1. The van der Waals surface area contributed by atoms with Crippen molar-refractivity contribution in [1.29, 1.82) is 0 Å². The number of ether oxygens (including phenoxy) is 1. The second-order valence-electron chi connectivity index (χ2n) is 6.05. The van der Waals surface area contributed by atoms with Crippen molar-refractivity contribution in [3.8, 4) is 0 Å². The Balaban J connectivity index is 2.04. The molecule has 0 radical (unpaired) electrons. The molecule has 0 unspecified atom stereocenters. The first kappa shape index (κ1) is 18.4. The quantitative estimate of drug-likeness (QED) is 0.814. The van der Waals surface area contributed by atoms with E-state index in [4.69, 9.17) is 17.0 Å². The van der Waals surface area contributed by atoms with Gasteiger partial charge in [-0.25, -0.2) is 0 Å². The van der Waals surface area contributed by atoms with E-state index in [9.17, 15) is 9.59 Å². The van der Waals surface area contributed by atoms with Gasteiger partial charge in [0.25, 0.3) is 5.91 Å². The highest BCUT2D eigenvalue weighted by molar-refractivity contribution is 7.80. The van der Waals surface area contributed by atoms with Crippen molar-refractivity contribution < 1.29 is 14.3 Å². The van der Waals surface area contributed by atoms with Gasteiger partial charge in [-0.3, -0.25) is 9.59 Å². The Morgan fingerprint density at radius 3 is 2.58 bits per heavy atom. The molecular weight excluding hydrogens is 326 g/mol. The highest BCUT2D eigenvalue weighted by atomic mass is 32.1. The van der Waals surface area contributed by atoms with Crippen LogP contribution in [0.5, 0.6) is 0 Å². The van der Waals surface area contributed by atoms with E-state index >= 15 is 0 Å². The van der Waals surface area contributed by atoms with Crippen LogP contribution in [0, 0.1) is 5.92 Å². The number of rotatable bonds is 4. The summed E-state index contributed by atoms with van der Waals surface area (Å²) in [5, 5.41) is 5.79. The Morgan fingerprint density at radius 2 is 1.92 bits per heavy atom. The van der Waals surface area contributed by atoms with E-state index in [1.807, 2.05) is 19.9 Å². The number of nitrogens with one attached hydrogen (secondary N) is 2. The van der Waals surface area contributed by atoms with E-state index in [0.29, 0.717) is 44.0 Å². The molecule has 24 heavy (non-hydrogen) atoms. The monoisotopic (exact) mass is 349 g/mol. The zero-order chi connectivity index (χ0) is 17.5. The molecule has 6 nitrogen and oxygen atoms in total. The fraction of sp³-hybridized carbons (Fsp3) is 0.471. The molecule has 0 atom stereocenters. The second kappa shape index (κ2) is 8.75. The smallest absolute Gasteiger partial charge is 0.256 e.